The van der Waals surface area contributed by atoms with Crippen LogP contribution in [0.4, 0.5) is 18.9 Å². The number of rotatable bonds is 4. The molecule has 0 aromatic heterocycles. The zero-order chi connectivity index (χ0) is 19.5. The fourth-order valence-corrected chi connectivity index (χ4v) is 3.42. The summed E-state index contributed by atoms with van der Waals surface area (Å²) in [7, 11) is 0. The van der Waals surface area contributed by atoms with Crippen LogP contribution >= 0.6 is 12.4 Å². The quantitative estimate of drug-likeness (QED) is 0.785. The molecule has 1 aliphatic rings. The minimum Gasteiger partial charge on any atom is -0.381 e. The number of carbonyl (C=O) groups excluding carboxylic acids is 1. The van der Waals surface area contributed by atoms with E-state index in [0.717, 1.165) is 17.7 Å². The van der Waals surface area contributed by atoms with Gasteiger partial charge in [-0.25, -0.2) is 0 Å². The molecule has 8 heteroatoms. The largest absolute Gasteiger partial charge is 0.416 e. The third-order valence-electron chi connectivity index (χ3n) is 4.92. The number of halogens is 4. The van der Waals surface area contributed by atoms with E-state index in [4.69, 9.17) is 10.5 Å². The number of hydrogen-bond donors (Lipinski definition) is 2. The first-order valence-corrected chi connectivity index (χ1v) is 8.71. The van der Waals surface area contributed by atoms with Crippen molar-refractivity contribution in [1.29, 1.82) is 0 Å². The molecule has 1 aliphatic heterocycles. The van der Waals surface area contributed by atoms with Crippen LogP contribution in [0.5, 0.6) is 0 Å². The van der Waals surface area contributed by atoms with Crippen LogP contribution in [0, 0.1) is 0 Å². The molecule has 28 heavy (non-hydrogen) atoms. The summed E-state index contributed by atoms with van der Waals surface area (Å²) in [6.07, 6.45) is -3.59. The third kappa shape index (κ3) is 4.66. The molecule has 1 heterocycles. The van der Waals surface area contributed by atoms with Crippen molar-refractivity contribution < 1.29 is 22.7 Å². The van der Waals surface area contributed by atoms with Gasteiger partial charge < -0.3 is 15.8 Å². The summed E-state index contributed by atoms with van der Waals surface area (Å²) in [5.74, 6) is -0.334. The highest BCUT2D eigenvalue weighted by molar-refractivity contribution is 5.99. The minimum atomic E-state index is -4.51. The number of nitrogens with two attached hydrogens (primary N) is 1. The molecule has 0 unspecified atom stereocenters. The molecule has 0 atom stereocenters. The molecule has 1 saturated heterocycles. The van der Waals surface area contributed by atoms with Crippen LogP contribution in [-0.2, 0) is 27.7 Å². The van der Waals surface area contributed by atoms with Crippen LogP contribution in [0.15, 0.2) is 48.5 Å². The minimum absolute atomic E-state index is 0. The van der Waals surface area contributed by atoms with Crippen molar-refractivity contribution in [2.75, 3.05) is 18.5 Å². The van der Waals surface area contributed by atoms with E-state index in [1.807, 2.05) is 30.3 Å². The van der Waals surface area contributed by atoms with E-state index in [0.29, 0.717) is 31.6 Å². The van der Waals surface area contributed by atoms with Crippen LogP contribution in [0.2, 0.25) is 0 Å². The Labute approximate surface area is 167 Å². The van der Waals surface area contributed by atoms with Gasteiger partial charge in [0.05, 0.1) is 11.0 Å². The Bertz CT molecular complexity index is 807. The summed E-state index contributed by atoms with van der Waals surface area (Å²) in [5.41, 5.74) is 5.09. The van der Waals surface area contributed by atoms with Crippen LogP contribution in [0.3, 0.4) is 0 Å². The zero-order valence-electron chi connectivity index (χ0n) is 15.1. The van der Waals surface area contributed by atoms with Gasteiger partial charge in [0, 0.05) is 25.4 Å². The summed E-state index contributed by atoms with van der Waals surface area (Å²) < 4.78 is 44.8. The van der Waals surface area contributed by atoms with Gasteiger partial charge in [0.1, 0.15) is 0 Å². The maximum Gasteiger partial charge on any atom is 0.416 e. The highest BCUT2D eigenvalue weighted by Crippen LogP contribution is 2.37. The standard InChI is InChI=1S/C20H21F3N2O2.ClH/c21-20(22,23)16-10-14(13-24)11-17(12-16)25-18(26)19(6-8-27-9-7-19)15-4-2-1-3-5-15;/h1-5,10-12H,6-9,13,24H2,(H,25,26);1H. The predicted molar refractivity (Wildman–Crippen MR) is 103 cm³/mol. The average molecular weight is 415 g/mol. The molecule has 3 rings (SSSR count). The number of carbonyl (C=O) groups is 1. The van der Waals surface area contributed by atoms with E-state index >= 15 is 0 Å². The second-order valence-electron chi connectivity index (χ2n) is 6.64. The van der Waals surface area contributed by atoms with Crippen LogP contribution < -0.4 is 11.1 Å². The van der Waals surface area contributed by atoms with Crippen molar-refractivity contribution in [3.8, 4) is 0 Å². The summed E-state index contributed by atoms with van der Waals surface area (Å²) in [4.78, 5) is 13.2. The topological polar surface area (TPSA) is 64.3 Å². The lowest BCUT2D eigenvalue weighted by atomic mass is 9.73. The van der Waals surface area contributed by atoms with Crippen molar-refractivity contribution in [3.63, 3.8) is 0 Å². The zero-order valence-corrected chi connectivity index (χ0v) is 15.9. The van der Waals surface area contributed by atoms with E-state index < -0.39 is 17.2 Å². The number of alkyl halides is 3. The first-order chi connectivity index (χ1) is 12.8. The number of anilines is 1. The second-order valence-corrected chi connectivity index (χ2v) is 6.64. The molecule has 0 aliphatic carbocycles. The maximum absolute atomic E-state index is 13.2. The molecule has 2 aromatic rings. The molecule has 3 N–H and O–H groups in total. The average Bonchev–Trinajstić information content (AvgIpc) is 2.68. The second kappa shape index (κ2) is 8.94. The molecule has 2 aromatic carbocycles. The lowest BCUT2D eigenvalue weighted by Gasteiger charge is -2.36. The van der Waals surface area contributed by atoms with Gasteiger partial charge in [0.25, 0.3) is 0 Å². The summed E-state index contributed by atoms with van der Waals surface area (Å²) in [5, 5.41) is 2.69. The van der Waals surface area contributed by atoms with Gasteiger partial charge in [-0.15, -0.1) is 12.4 Å². The first-order valence-electron chi connectivity index (χ1n) is 8.71. The van der Waals surface area contributed by atoms with Gasteiger partial charge in [-0.05, 0) is 42.2 Å². The number of amides is 1. The van der Waals surface area contributed by atoms with Crippen LogP contribution in [-0.4, -0.2) is 19.1 Å². The van der Waals surface area contributed by atoms with E-state index in [2.05, 4.69) is 5.32 Å². The Morgan fingerprint density at radius 2 is 1.75 bits per heavy atom. The van der Waals surface area contributed by atoms with Gasteiger partial charge in [-0.2, -0.15) is 13.2 Å². The lowest BCUT2D eigenvalue weighted by Crippen LogP contribution is -2.44. The van der Waals surface area contributed by atoms with Crippen molar-refractivity contribution in [2.45, 2.75) is 31.0 Å². The number of ether oxygens (including phenoxy) is 1. The van der Waals surface area contributed by atoms with Gasteiger partial charge in [-0.1, -0.05) is 30.3 Å². The van der Waals surface area contributed by atoms with Gasteiger partial charge in [0.2, 0.25) is 5.91 Å². The van der Waals surface area contributed by atoms with Crippen LogP contribution in [0.1, 0.15) is 29.5 Å². The molecule has 1 amide bonds. The third-order valence-corrected chi connectivity index (χ3v) is 4.92. The molecular weight excluding hydrogens is 393 g/mol. The normalized spacial score (nSPS) is 16.1. The Morgan fingerprint density at radius 1 is 1.11 bits per heavy atom. The van der Waals surface area contributed by atoms with E-state index in [1.54, 1.807) is 0 Å². The fourth-order valence-electron chi connectivity index (χ4n) is 3.42. The monoisotopic (exact) mass is 414 g/mol. The van der Waals surface area contributed by atoms with Gasteiger partial charge in [0.15, 0.2) is 0 Å². The highest BCUT2D eigenvalue weighted by atomic mass is 35.5. The SMILES string of the molecule is Cl.NCc1cc(NC(=O)C2(c3ccccc3)CCOCC2)cc(C(F)(F)F)c1. The molecular formula is C20H22ClF3N2O2. The Morgan fingerprint density at radius 3 is 2.32 bits per heavy atom. The summed E-state index contributed by atoms with van der Waals surface area (Å²) >= 11 is 0. The smallest absolute Gasteiger partial charge is 0.381 e. The Balaban J connectivity index is 0.00000280. The molecule has 0 bridgehead atoms. The first kappa shape index (κ1) is 22.2. The number of nitrogens with one attached hydrogen (secondary N) is 1. The Kier molecular flexibility index (Phi) is 7.09. The molecule has 4 nitrogen and oxygen atoms in total. The lowest BCUT2D eigenvalue weighted by molar-refractivity contribution is -0.137. The summed E-state index contributed by atoms with van der Waals surface area (Å²) in [6.45, 7) is 0.780. The molecule has 0 saturated carbocycles. The Hall–Kier alpha value is -2.09. The van der Waals surface area contributed by atoms with E-state index in [1.165, 1.54) is 6.07 Å². The van der Waals surface area contributed by atoms with Crippen molar-refractivity contribution in [2.24, 2.45) is 5.73 Å². The number of hydrogen-bond acceptors (Lipinski definition) is 3. The van der Waals surface area contributed by atoms with Gasteiger partial charge >= 0.3 is 6.18 Å². The van der Waals surface area contributed by atoms with Gasteiger partial charge in [-0.3, -0.25) is 4.79 Å². The van der Waals surface area contributed by atoms with Crippen molar-refractivity contribution in [3.05, 3.63) is 65.2 Å². The molecule has 0 spiro atoms. The fraction of sp³-hybridized carbons (Fsp3) is 0.350. The van der Waals surface area contributed by atoms with Crippen molar-refractivity contribution in [1.82, 2.24) is 0 Å². The summed E-state index contributed by atoms with van der Waals surface area (Å²) in [6, 6.07) is 12.7. The molecule has 0 radical (unpaired) electrons. The van der Waals surface area contributed by atoms with E-state index in [9.17, 15) is 18.0 Å². The molecule has 152 valence electrons. The predicted octanol–water partition coefficient (Wildman–Crippen LogP) is 4.27. The van der Waals surface area contributed by atoms with E-state index in [-0.39, 0.29) is 30.5 Å². The number of benzene rings is 2. The van der Waals surface area contributed by atoms with Crippen LogP contribution in [0.25, 0.3) is 0 Å². The molecule has 1 fully saturated rings. The maximum atomic E-state index is 13.2. The van der Waals surface area contributed by atoms with Crippen molar-refractivity contribution >= 4 is 24.0 Å². The highest BCUT2D eigenvalue weighted by Gasteiger charge is 2.42.